The van der Waals surface area contributed by atoms with Crippen LogP contribution in [0.4, 0.5) is 5.82 Å². The molecule has 0 unspecified atom stereocenters. The van der Waals surface area contributed by atoms with Gasteiger partial charge in [-0.1, -0.05) is 27.2 Å². The van der Waals surface area contributed by atoms with Crippen LogP contribution in [0.2, 0.25) is 0 Å². The van der Waals surface area contributed by atoms with E-state index < -0.39 is 0 Å². The molecule has 21 heavy (non-hydrogen) atoms. The third kappa shape index (κ3) is 2.50. The number of halogens is 1. The van der Waals surface area contributed by atoms with Gasteiger partial charge < -0.3 is 15.0 Å². The van der Waals surface area contributed by atoms with Crippen LogP contribution in [0.1, 0.15) is 0 Å². The fraction of sp³-hybridized carbons (Fsp3) is 0.0667. The number of nitrogens with two attached hydrogens (primary N) is 1. The highest BCUT2D eigenvalue weighted by atomic mass is 79.9. The Labute approximate surface area is 129 Å². The molecular weight excluding hydrogens is 334 g/mol. The highest BCUT2D eigenvalue weighted by Gasteiger charge is 2.20. The van der Waals surface area contributed by atoms with Crippen LogP contribution >= 0.6 is 15.9 Å². The number of aromatic nitrogens is 2. The van der Waals surface area contributed by atoms with E-state index in [2.05, 4.69) is 26.1 Å². The van der Waals surface area contributed by atoms with Crippen LogP contribution in [-0.2, 0) is 0 Å². The largest absolute Gasteiger partial charge is 0.496 e. The maximum Gasteiger partial charge on any atom is 0.180 e. The van der Waals surface area contributed by atoms with E-state index in [1.165, 1.54) is 0 Å². The minimum absolute atomic E-state index is 0.322. The Balaban J connectivity index is 2.21. The highest BCUT2D eigenvalue weighted by molar-refractivity contribution is 9.10. The molecule has 0 atom stereocenters. The maximum atomic E-state index is 5.95. The quantitative estimate of drug-likeness (QED) is 0.782. The number of anilines is 1. The molecule has 5 nitrogen and oxygen atoms in total. The summed E-state index contributed by atoms with van der Waals surface area (Å²) >= 11 is 3.42. The fourth-order valence-corrected chi connectivity index (χ4v) is 2.47. The summed E-state index contributed by atoms with van der Waals surface area (Å²) in [6, 6.07) is 9.41. The average Bonchev–Trinajstić information content (AvgIpc) is 2.89. The van der Waals surface area contributed by atoms with Crippen molar-refractivity contribution in [2.75, 3.05) is 12.8 Å². The minimum Gasteiger partial charge on any atom is -0.496 e. The Bertz CT molecular complexity index is 772. The third-order valence-electron chi connectivity index (χ3n) is 3.08. The Morgan fingerprint density at radius 2 is 2.14 bits per heavy atom. The lowest BCUT2D eigenvalue weighted by Crippen LogP contribution is -1.91. The van der Waals surface area contributed by atoms with E-state index in [-0.39, 0.29) is 0 Å². The molecule has 0 radical (unpaired) electrons. The Hall–Kier alpha value is -2.34. The van der Waals surface area contributed by atoms with Gasteiger partial charge in [-0.25, -0.2) is 0 Å². The first-order valence-electron chi connectivity index (χ1n) is 6.20. The molecule has 106 valence electrons. The zero-order valence-corrected chi connectivity index (χ0v) is 12.8. The first-order valence-corrected chi connectivity index (χ1v) is 6.99. The highest BCUT2D eigenvalue weighted by Crippen LogP contribution is 2.40. The van der Waals surface area contributed by atoms with Gasteiger partial charge in [0.25, 0.3) is 0 Å². The molecular formula is C15H12BrN3O2. The van der Waals surface area contributed by atoms with E-state index in [4.69, 9.17) is 15.0 Å². The van der Waals surface area contributed by atoms with Gasteiger partial charge in [-0.05, 0) is 24.3 Å². The lowest BCUT2D eigenvalue weighted by molar-refractivity contribution is 0.407. The summed E-state index contributed by atoms with van der Waals surface area (Å²) in [5.41, 5.74) is 8.29. The molecule has 0 aliphatic rings. The second-order valence-corrected chi connectivity index (χ2v) is 5.27. The molecule has 0 fully saturated rings. The lowest BCUT2D eigenvalue weighted by Gasteiger charge is -2.08. The smallest absolute Gasteiger partial charge is 0.180 e. The van der Waals surface area contributed by atoms with Crippen molar-refractivity contribution in [1.29, 1.82) is 0 Å². The van der Waals surface area contributed by atoms with E-state index in [1.807, 2.05) is 30.3 Å². The summed E-state index contributed by atoms with van der Waals surface area (Å²) in [6.07, 6.45) is 3.42. The van der Waals surface area contributed by atoms with Crippen molar-refractivity contribution in [2.24, 2.45) is 0 Å². The lowest BCUT2D eigenvalue weighted by atomic mass is 10.0. The topological polar surface area (TPSA) is 74.2 Å². The zero-order chi connectivity index (χ0) is 14.8. The fourth-order valence-electron chi connectivity index (χ4n) is 2.13. The minimum atomic E-state index is 0.322. The number of hydrogen-bond donors (Lipinski definition) is 1. The van der Waals surface area contributed by atoms with Gasteiger partial charge in [-0.15, -0.1) is 0 Å². The monoisotopic (exact) mass is 345 g/mol. The Morgan fingerprint density at radius 1 is 1.29 bits per heavy atom. The van der Waals surface area contributed by atoms with Crippen molar-refractivity contribution < 1.29 is 9.26 Å². The van der Waals surface area contributed by atoms with Crippen molar-refractivity contribution in [3.05, 3.63) is 47.2 Å². The molecule has 3 aromatic rings. The number of nitrogen functional groups attached to an aromatic ring is 1. The van der Waals surface area contributed by atoms with Crippen LogP contribution in [0, 0.1) is 0 Å². The number of pyridine rings is 1. The van der Waals surface area contributed by atoms with Crippen LogP contribution in [0.3, 0.4) is 0 Å². The molecule has 6 heteroatoms. The number of ether oxygens (including phenoxy) is 1. The van der Waals surface area contributed by atoms with Crippen LogP contribution < -0.4 is 10.5 Å². The summed E-state index contributed by atoms with van der Waals surface area (Å²) in [5.74, 6) is 1.55. The molecule has 3 rings (SSSR count). The average molecular weight is 346 g/mol. The molecule has 0 saturated carbocycles. The summed E-state index contributed by atoms with van der Waals surface area (Å²) in [5, 5.41) is 3.87. The normalized spacial score (nSPS) is 10.6. The van der Waals surface area contributed by atoms with Crippen LogP contribution in [0.15, 0.2) is 51.7 Å². The molecule has 0 saturated heterocycles. The number of hydrogen-bond acceptors (Lipinski definition) is 5. The second kappa shape index (κ2) is 5.57. The Kier molecular flexibility index (Phi) is 3.62. The molecule has 2 heterocycles. The maximum absolute atomic E-state index is 5.95. The molecule has 0 aliphatic heterocycles. The van der Waals surface area contributed by atoms with Gasteiger partial charge in [0.15, 0.2) is 11.6 Å². The zero-order valence-electron chi connectivity index (χ0n) is 11.2. The molecule has 0 aliphatic carbocycles. The van der Waals surface area contributed by atoms with Gasteiger partial charge in [0.05, 0.1) is 18.2 Å². The van der Waals surface area contributed by atoms with Gasteiger partial charge in [0.1, 0.15) is 5.75 Å². The van der Waals surface area contributed by atoms with Crippen LogP contribution in [0.25, 0.3) is 22.5 Å². The SMILES string of the molecule is COc1cc(Br)ccc1-c1onc(N)c1-c1cccnc1. The Morgan fingerprint density at radius 3 is 2.86 bits per heavy atom. The summed E-state index contributed by atoms with van der Waals surface area (Å²) < 4.78 is 11.7. The molecule has 0 bridgehead atoms. The van der Waals surface area contributed by atoms with Crippen molar-refractivity contribution in [3.8, 4) is 28.2 Å². The molecule has 0 amide bonds. The van der Waals surface area contributed by atoms with Crippen LogP contribution in [-0.4, -0.2) is 17.3 Å². The first kappa shape index (κ1) is 13.6. The summed E-state index contributed by atoms with van der Waals surface area (Å²) in [7, 11) is 1.61. The predicted octanol–water partition coefficient (Wildman–Crippen LogP) is 3.76. The van der Waals surface area contributed by atoms with Gasteiger partial charge in [0, 0.05) is 22.4 Å². The van der Waals surface area contributed by atoms with Gasteiger partial charge in [-0.3, -0.25) is 4.98 Å². The van der Waals surface area contributed by atoms with E-state index in [0.717, 1.165) is 15.6 Å². The third-order valence-corrected chi connectivity index (χ3v) is 3.57. The molecule has 1 aromatic carbocycles. The van der Waals surface area contributed by atoms with E-state index in [9.17, 15) is 0 Å². The van der Waals surface area contributed by atoms with E-state index in [0.29, 0.717) is 22.9 Å². The standard InChI is InChI=1S/C15H12BrN3O2/c1-20-12-7-10(16)4-5-11(12)14-13(15(17)19-21-14)9-3-2-6-18-8-9/h2-8H,1H3,(H2,17,19). The van der Waals surface area contributed by atoms with Crippen molar-refractivity contribution >= 4 is 21.7 Å². The molecule has 2 aromatic heterocycles. The first-order chi connectivity index (χ1) is 10.2. The second-order valence-electron chi connectivity index (χ2n) is 4.36. The van der Waals surface area contributed by atoms with Gasteiger partial charge >= 0.3 is 0 Å². The number of methoxy groups -OCH3 is 1. The summed E-state index contributed by atoms with van der Waals surface area (Å²) in [4.78, 5) is 4.11. The molecule has 0 spiro atoms. The van der Waals surface area contributed by atoms with E-state index >= 15 is 0 Å². The summed E-state index contributed by atoms with van der Waals surface area (Å²) in [6.45, 7) is 0. The van der Waals surface area contributed by atoms with Gasteiger partial charge in [0.2, 0.25) is 0 Å². The van der Waals surface area contributed by atoms with Gasteiger partial charge in [-0.2, -0.15) is 0 Å². The van der Waals surface area contributed by atoms with Crippen molar-refractivity contribution in [2.45, 2.75) is 0 Å². The number of rotatable bonds is 3. The van der Waals surface area contributed by atoms with Crippen molar-refractivity contribution in [3.63, 3.8) is 0 Å². The van der Waals surface area contributed by atoms with E-state index in [1.54, 1.807) is 19.5 Å². The predicted molar refractivity (Wildman–Crippen MR) is 83.8 cm³/mol. The van der Waals surface area contributed by atoms with Crippen molar-refractivity contribution in [1.82, 2.24) is 10.1 Å². The number of benzene rings is 1. The molecule has 2 N–H and O–H groups in total. The number of nitrogens with zero attached hydrogens (tertiary/aromatic N) is 2. The van der Waals surface area contributed by atoms with Crippen LogP contribution in [0.5, 0.6) is 5.75 Å².